The van der Waals surface area contributed by atoms with Crippen LogP contribution < -0.4 is 4.74 Å². The Morgan fingerprint density at radius 2 is 2.17 bits per heavy atom. The smallest absolute Gasteiger partial charge is 0.260 e. The first-order valence-corrected chi connectivity index (χ1v) is 6.37. The summed E-state index contributed by atoms with van der Waals surface area (Å²) in [6.07, 6.45) is 1.81. The second kappa shape index (κ2) is 6.07. The van der Waals surface area contributed by atoms with Crippen LogP contribution in [-0.4, -0.2) is 41.7 Å². The fourth-order valence-corrected chi connectivity index (χ4v) is 2.24. The first-order chi connectivity index (χ1) is 8.70. The molecular weight excluding hydrogens is 254 g/mol. The summed E-state index contributed by atoms with van der Waals surface area (Å²) in [7, 11) is 0. The number of likely N-dealkylation sites (tertiary alicyclic amines) is 1. The first kappa shape index (κ1) is 13.2. The molecule has 5 heteroatoms. The highest BCUT2D eigenvalue weighted by Crippen LogP contribution is 2.18. The van der Waals surface area contributed by atoms with E-state index in [9.17, 15) is 4.79 Å². The number of aliphatic hydroxyl groups is 1. The van der Waals surface area contributed by atoms with Gasteiger partial charge in [-0.25, -0.2) is 0 Å². The summed E-state index contributed by atoms with van der Waals surface area (Å²) in [6, 6.07) is 6.83. The number of aliphatic hydroxyl groups excluding tert-OH is 1. The highest BCUT2D eigenvalue weighted by molar-refractivity contribution is 6.30. The minimum absolute atomic E-state index is 0.00185. The number of halogens is 1. The van der Waals surface area contributed by atoms with Gasteiger partial charge in [-0.15, -0.1) is 0 Å². The molecule has 4 nitrogen and oxygen atoms in total. The average molecular weight is 270 g/mol. The lowest BCUT2D eigenvalue weighted by Gasteiger charge is -2.22. The van der Waals surface area contributed by atoms with Gasteiger partial charge in [-0.05, 0) is 37.1 Å². The maximum Gasteiger partial charge on any atom is 0.260 e. The minimum Gasteiger partial charge on any atom is -0.484 e. The Labute approximate surface area is 111 Å². The molecule has 1 aromatic carbocycles. The fourth-order valence-electron chi connectivity index (χ4n) is 2.11. The van der Waals surface area contributed by atoms with E-state index in [1.807, 2.05) is 0 Å². The molecule has 98 valence electrons. The molecule has 0 saturated carbocycles. The molecule has 1 unspecified atom stereocenters. The molecule has 0 spiro atoms. The van der Waals surface area contributed by atoms with Gasteiger partial charge in [0.2, 0.25) is 0 Å². The molecule has 0 aliphatic carbocycles. The SMILES string of the molecule is O=C(COc1ccc(Cl)cc1)N1CCCC1CO. The zero-order valence-electron chi connectivity index (χ0n) is 10.0. The first-order valence-electron chi connectivity index (χ1n) is 5.99. The Morgan fingerprint density at radius 3 is 2.83 bits per heavy atom. The maximum absolute atomic E-state index is 11.9. The van der Waals surface area contributed by atoms with Gasteiger partial charge in [-0.2, -0.15) is 0 Å². The lowest BCUT2D eigenvalue weighted by atomic mass is 10.2. The number of carbonyl (C=O) groups excluding carboxylic acids is 1. The highest BCUT2D eigenvalue weighted by atomic mass is 35.5. The number of hydrogen-bond donors (Lipinski definition) is 1. The summed E-state index contributed by atoms with van der Waals surface area (Å²) in [4.78, 5) is 13.6. The van der Waals surface area contributed by atoms with Crippen LogP contribution in [0.2, 0.25) is 5.02 Å². The van der Waals surface area contributed by atoms with Crippen molar-refractivity contribution in [2.24, 2.45) is 0 Å². The average Bonchev–Trinajstić information content (AvgIpc) is 2.86. The molecule has 1 N–H and O–H groups in total. The summed E-state index contributed by atoms with van der Waals surface area (Å²) in [5.74, 6) is 0.536. The molecule has 2 rings (SSSR count). The second-order valence-electron chi connectivity index (χ2n) is 4.31. The Bertz CT molecular complexity index is 407. The van der Waals surface area contributed by atoms with Gasteiger partial charge in [-0.1, -0.05) is 11.6 Å². The van der Waals surface area contributed by atoms with E-state index in [1.165, 1.54) is 0 Å². The normalized spacial score (nSPS) is 19.0. The quantitative estimate of drug-likeness (QED) is 0.905. The van der Waals surface area contributed by atoms with Crippen LogP contribution >= 0.6 is 11.6 Å². The second-order valence-corrected chi connectivity index (χ2v) is 4.74. The molecule has 1 aliphatic rings. The van der Waals surface area contributed by atoms with Gasteiger partial charge < -0.3 is 14.7 Å². The molecule has 1 aromatic rings. The van der Waals surface area contributed by atoms with Crippen molar-refractivity contribution >= 4 is 17.5 Å². The molecule has 1 saturated heterocycles. The van der Waals surface area contributed by atoms with Crippen LogP contribution in [-0.2, 0) is 4.79 Å². The van der Waals surface area contributed by atoms with Gasteiger partial charge in [0.1, 0.15) is 5.75 Å². The number of amides is 1. The Balaban J connectivity index is 1.86. The molecule has 0 radical (unpaired) electrons. The van der Waals surface area contributed by atoms with E-state index in [1.54, 1.807) is 29.2 Å². The summed E-state index contributed by atoms with van der Waals surface area (Å²) in [6.45, 7) is 0.721. The maximum atomic E-state index is 11.9. The van der Waals surface area contributed by atoms with Crippen LogP contribution in [0.1, 0.15) is 12.8 Å². The van der Waals surface area contributed by atoms with Crippen molar-refractivity contribution < 1.29 is 14.6 Å². The van der Waals surface area contributed by atoms with Crippen molar-refractivity contribution in [3.05, 3.63) is 29.3 Å². The van der Waals surface area contributed by atoms with Crippen molar-refractivity contribution in [1.29, 1.82) is 0 Å². The summed E-state index contributed by atoms with van der Waals surface area (Å²) in [5.41, 5.74) is 0. The molecule has 18 heavy (non-hydrogen) atoms. The minimum atomic E-state index is -0.0819. The molecule has 0 aromatic heterocycles. The lowest BCUT2D eigenvalue weighted by molar-refractivity contribution is -0.134. The third-order valence-electron chi connectivity index (χ3n) is 3.08. The fraction of sp³-hybridized carbons (Fsp3) is 0.462. The number of nitrogens with zero attached hydrogens (tertiary/aromatic N) is 1. The number of benzene rings is 1. The zero-order valence-corrected chi connectivity index (χ0v) is 10.8. The molecule has 1 aliphatic heterocycles. The van der Waals surface area contributed by atoms with Crippen molar-refractivity contribution in [2.45, 2.75) is 18.9 Å². The molecule has 1 amide bonds. The number of ether oxygens (including phenoxy) is 1. The van der Waals surface area contributed by atoms with E-state index in [2.05, 4.69) is 0 Å². The van der Waals surface area contributed by atoms with Gasteiger partial charge in [0, 0.05) is 11.6 Å². The Kier molecular flexibility index (Phi) is 4.44. The third-order valence-corrected chi connectivity index (χ3v) is 3.34. The van der Waals surface area contributed by atoms with Gasteiger partial charge in [0.15, 0.2) is 6.61 Å². The molecule has 1 heterocycles. The predicted octanol–water partition coefficient (Wildman–Crippen LogP) is 1.70. The van der Waals surface area contributed by atoms with E-state index in [0.717, 1.165) is 12.8 Å². The molecule has 1 fully saturated rings. The van der Waals surface area contributed by atoms with Gasteiger partial charge in [0.05, 0.1) is 12.6 Å². The van der Waals surface area contributed by atoms with Crippen LogP contribution in [0.5, 0.6) is 5.75 Å². The Hall–Kier alpha value is -1.26. The predicted molar refractivity (Wildman–Crippen MR) is 68.8 cm³/mol. The van der Waals surface area contributed by atoms with Gasteiger partial charge in [0.25, 0.3) is 5.91 Å². The highest BCUT2D eigenvalue weighted by Gasteiger charge is 2.27. The Morgan fingerprint density at radius 1 is 1.44 bits per heavy atom. The summed E-state index contributed by atoms with van der Waals surface area (Å²) in [5, 5.41) is 9.78. The van der Waals surface area contributed by atoms with Crippen LogP contribution in [0.25, 0.3) is 0 Å². The van der Waals surface area contributed by atoms with E-state index >= 15 is 0 Å². The van der Waals surface area contributed by atoms with Crippen LogP contribution in [0.3, 0.4) is 0 Å². The van der Waals surface area contributed by atoms with Crippen molar-refractivity contribution in [3.8, 4) is 5.75 Å². The number of carbonyl (C=O) groups is 1. The van der Waals surface area contributed by atoms with Gasteiger partial charge in [-0.3, -0.25) is 4.79 Å². The van der Waals surface area contributed by atoms with Crippen LogP contribution in [0.4, 0.5) is 0 Å². The van der Waals surface area contributed by atoms with E-state index in [4.69, 9.17) is 21.4 Å². The van der Waals surface area contributed by atoms with Crippen LogP contribution in [0.15, 0.2) is 24.3 Å². The molecule has 1 atom stereocenters. The van der Waals surface area contributed by atoms with Crippen LogP contribution in [0, 0.1) is 0 Å². The van der Waals surface area contributed by atoms with Gasteiger partial charge >= 0.3 is 0 Å². The number of hydrogen-bond acceptors (Lipinski definition) is 3. The lowest BCUT2D eigenvalue weighted by Crippen LogP contribution is -2.40. The zero-order chi connectivity index (χ0) is 13.0. The van der Waals surface area contributed by atoms with E-state index in [-0.39, 0.29) is 25.2 Å². The summed E-state index contributed by atoms with van der Waals surface area (Å²) < 4.78 is 5.40. The molecular formula is C13H16ClNO3. The van der Waals surface area contributed by atoms with Crippen molar-refractivity contribution in [3.63, 3.8) is 0 Å². The monoisotopic (exact) mass is 269 g/mol. The topological polar surface area (TPSA) is 49.8 Å². The standard InChI is InChI=1S/C13H16ClNO3/c14-10-3-5-12(6-4-10)18-9-13(17)15-7-1-2-11(15)8-16/h3-6,11,16H,1-2,7-9H2. The summed E-state index contributed by atoms with van der Waals surface area (Å²) >= 11 is 5.76. The largest absolute Gasteiger partial charge is 0.484 e. The third kappa shape index (κ3) is 3.15. The van der Waals surface area contributed by atoms with Crippen molar-refractivity contribution in [2.75, 3.05) is 19.8 Å². The van der Waals surface area contributed by atoms with E-state index in [0.29, 0.717) is 17.3 Å². The number of rotatable bonds is 4. The van der Waals surface area contributed by atoms with Crippen molar-refractivity contribution in [1.82, 2.24) is 4.90 Å². The van der Waals surface area contributed by atoms with E-state index < -0.39 is 0 Å². The molecule has 0 bridgehead atoms.